The normalized spacial score (nSPS) is 19.3. The van der Waals surface area contributed by atoms with Crippen molar-refractivity contribution in [2.24, 2.45) is 0 Å². The Hall–Kier alpha value is -2.34. The molecule has 0 saturated carbocycles. The molecule has 116 valence electrons. The third-order valence-corrected chi connectivity index (χ3v) is 4.89. The maximum Gasteiger partial charge on any atom is 0.0491 e. The summed E-state index contributed by atoms with van der Waals surface area (Å²) in [7, 11) is 0. The van der Waals surface area contributed by atoms with E-state index in [4.69, 9.17) is 0 Å². The number of hydrogen-bond donors (Lipinski definition) is 0. The summed E-state index contributed by atoms with van der Waals surface area (Å²) in [6.45, 7) is 10.8. The van der Waals surface area contributed by atoms with E-state index in [-0.39, 0.29) is 5.41 Å². The third kappa shape index (κ3) is 2.30. The molecule has 1 atom stereocenters. The summed E-state index contributed by atoms with van der Waals surface area (Å²) in [6.07, 6.45) is 9.60. The van der Waals surface area contributed by atoms with Crippen molar-refractivity contribution in [1.29, 1.82) is 0 Å². The first-order valence-corrected chi connectivity index (χ1v) is 8.29. The fraction of sp³-hybridized carbons (Fsp3) is 0.217. The van der Waals surface area contributed by atoms with Crippen LogP contribution in [0, 0.1) is 6.92 Å². The van der Waals surface area contributed by atoms with Crippen LogP contribution in [0.2, 0.25) is 0 Å². The van der Waals surface area contributed by atoms with E-state index in [9.17, 15) is 0 Å². The van der Waals surface area contributed by atoms with Gasteiger partial charge >= 0.3 is 0 Å². The molecular weight excluding hydrogens is 276 g/mol. The second kappa shape index (κ2) is 6.04. The Morgan fingerprint density at radius 3 is 2.48 bits per heavy atom. The Morgan fingerprint density at radius 2 is 1.74 bits per heavy atom. The van der Waals surface area contributed by atoms with Crippen LogP contribution in [0.25, 0.3) is 11.1 Å². The largest absolute Gasteiger partial charge is 0.0946 e. The molecule has 2 aromatic carbocycles. The first kappa shape index (κ1) is 15.6. The van der Waals surface area contributed by atoms with Gasteiger partial charge in [-0.05, 0) is 55.0 Å². The minimum absolute atomic E-state index is 0.154. The van der Waals surface area contributed by atoms with Gasteiger partial charge in [0.2, 0.25) is 0 Å². The number of rotatable bonds is 4. The molecule has 0 saturated heterocycles. The molecule has 3 rings (SSSR count). The maximum atomic E-state index is 4.45. The standard InChI is InChI=1S/C23H24/c1-5-7-15-23(18(4)10-6-2)21-12-9-8-11-19(21)20-16-17(3)13-14-22(20)23/h5-14,16H,4,15H2,1-3H3/b7-5-,10-6-. The summed E-state index contributed by atoms with van der Waals surface area (Å²) in [5.74, 6) is 0. The van der Waals surface area contributed by atoms with Crippen LogP contribution in [0.5, 0.6) is 0 Å². The predicted octanol–water partition coefficient (Wildman–Crippen LogP) is 6.36. The highest BCUT2D eigenvalue weighted by atomic mass is 14.4. The zero-order chi connectivity index (χ0) is 16.4. The molecule has 0 spiro atoms. The molecule has 0 fully saturated rings. The van der Waals surface area contributed by atoms with Gasteiger partial charge in [-0.2, -0.15) is 0 Å². The quantitative estimate of drug-likeness (QED) is 0.455. The van der Waals surface area contributed by atoms with Crippen molar-refractivity contribution < 1.29 is 0 Å². The maximum absolute atomic E-state index is 4.45. The van der Waals surface area contributed by atoms with Gasteiger partial charge in [0.1, 0.15) is 0 Å². The van der Waals surface area contributed by atoms with Gasteiger partial charge in [-0.15, -0.1) is 0 Å². The van der Waals surface area contributed by atoms with E-state index in [1.54, 1.807) is 0 Å². The van der Waals surface area contributed by atoms with Crippen LogP contribution in [-0.2, 0) is 5.41 Å². The summed E-state index contributed by atoms with van der Waals surface area (Å²) in [6, 6.07) is 15.6. The lowest BCUT2D eigenvalue weighted by Gasteiger charge is -2.32. The third-order valence-electron chi connectivity index (χ3n) is 4.89. The average Bonchev–Trinajstić information content (AvgIpc) is 2.84. The van der Waals surface area contributed by atoms with Gasteiger partial charge in [-0.25, -0.2) is 0 Å². The molecule has 1 aliphatic carbocycles. The Kier molecular flexibility index (Phi) is 4.09. The number of allylic oxidation sites excluding steroid dienone is 5. The van der Waals surface area contributed by atoms with E-state index in [0.29, 0.717) is 0 Å². The molecule has 0 aromatic heterocycles. The van der Waals surface area contributed by atoms with Gasteiger partial charge in [0.05, 0.1) is 0 Å². The summed E-state index contributed by atoms with van der Waals surface area (Å²) >= 11 is 0. The fourth-order valence-corrected chi connectivity index (χ4v) is 3.82. The van der Waals surface area contributed by atoms with Crippen LogP contribution in [0.1, 0.15) is 37.0 Å². The van der Waals surface area contributed by atoms with Crippen LogP contribution in [0.3, 0.4) is 0 Å². The van der Waals surface area contributed by atoms with Crippen molar-refractivity contribution in [3.05, 3.63) is 95.6 Å². The molecule has 23 heavy (non-hydrogen) atoms. The van der Waals surface area contributed by atoms with Gasteiger partial charge in [0.15, 0.2) is 0 Å². The number of benzene rings is 2. The van der Waals surface area contributed by atoms with Crippen LogP contribution < -0.4 is 0 Å². The van der Waals surface area contributed by atoms with E-state index in [1.165, 1.54) is 27.8 Å². The van der Waals surface area contributed by atoms with Gasteiger partial charge in [-0.3, -0.25) is 0 Å². The van der Waals surface area contributed by atoms with E-state index >= 15 is 0 Å². The first-order chi connectivity index (χ1) is 11.1. The van der Waals surface area contributed by atoms with Gasteiger partial charge < -0.3 is 0 Å². The first-order valence-electron chi connectivity index (χ1n) is 8.29. The minimum atomic E-state index is -0.154. The number of aryl methyl sites for hydroxylation is 1. The van der Waals surface area contributed by atoms with Crippen LogP contribution in [-0.4, -0.2) is 0 Å². The fourth-order valence-electron chi connectivity index (χ4n) is 3.82. The lowest BCUT2D eigenvalue weighted by Crippen LogP contribution is -2.26. The predicted molar refractivity (Wildman–Crippen MR) is 101 cm³/mol. The Morgan fingerprint density at radius 1 is 1.00 bits per heavy atom. The highest BCUT2D eigenvalue weighted by Crippen LogP contribution is 2.54. The van der Waals surface area contributed by atoms with Crippen molar-refractivity contribution in [3.8, 4) is 11.1 Å². The molecule has 1 unspecified atom stereocenters. The molecule has 0 N–H and O–H groups in total. The number of fused-ring (bicyclic) bond motifs is 3. The molecule has 0 amide bonds. The van der Waals surface area contributed by atoms with Crippen LogP contribution in [0.4, 0.5) is 0 Å². The lowest BCUT2D eigenvalue weighted by molar-refractivity contribution is 0.645. The monoisotopic (exact) mass is 300 g/mol. The zero-order valence-electron chi connectivity index (χ0n) is 14.3. The van der Waals surface area contributed by atoms with Crippen LogP contribution in [0.15, 0.2) is 78.9 Å². The molecule has 2 aromatic rings. The second-order valence-corrected chi connectivity index (χ2v) is 6.30. The Bertz CT molecular complexity index is 805. The van der Waals surface area contributed by atoms with Crippen molar-refractivity contribution in [2.75, 3.05) is 0 Å². The van der Waals surface area contributed by atoms with Gasteiger partial charge in [-0.1, -0.05) is 78.9 Å². The van der Waals surface area contributed by atoms with Gasteiger partial charge in [0.25, 0.3) is 0 Å². The molecule has 0 heterocycles. The second-order valence-electron chi connectivity index (χ2n) is 6.30. The summed E-state index contributed by atoms with van der Waals surface area (Å²) in [5.41, 5.74) is 7.77. The molecular formula is C23H24. The van der Waals surface area contributed by atoms with Crippen molar-refractivity contribution >= 4 is 0 Å². The smallest absolute Gasteiger partial charge is 0.0491 e. The van der Waals surface area contributed by atoms with Crippen molar-refractivity contribution in [1.82, 2.24) is 0 Å². The van der Waals surface area contributed by atoms with Gasteiger partial charge in [0, 0.05) is 5.41 Å². The summed E-state index contributed by atoms with van der Waals surface area (Å²) in [4.78, 5) is 0. The van der Waals surface area contributed by atoms with E-state index in [0.717, 1.165) is 12.0 Å². The highest BCUT2D eigenvalue weighted by Gasteiger charge is 2.43. The molecule has 0 radical (unpaired) electrons. The summed E-state index contributed by atoms with van der Waals surface area (Å²) < 4.78 is 0. The van der Waals surface area contributed by atoms with Crippen molar-refractivity contribution in [3.63, 3.8) is 0 Å². The molecule has 1 aliphatic rings. The lowest BCUT2D eigenvalue weighted by atomic mass is 9.70. The van der Waals surface area contributed by atoms with E-state index in [1.807, 2.05) is 0 Å². The Labute approximate surface area is 139 Å². The van der Waals surface area contributed by atoms with Crippen LogP contribution >= 0.6 is 0 Å². The molecule has 0 bridgehead atoms. The molecule has 0 heteroatoms. The molecule has 0 nitrogen and oxygen atoms in total. The van der Waals surface area contributed by atoms with E-state index in [2.05, 4.69) is 94.1 Å². The van der Waals surface area contributed by atoms with E-state index < -0.39 is 0 Å². The zero-order valence-corrected chi connectivity index (χ0v) is 14.3. The minimum Gasteiger partial charge on any atom is -0.0946 e. The highest BCUT2D eigenvalue weighted by molar-refractivity contribution is 5.84. The topological polar surface area (TPSA) is 0 Å². The molecule has 0 aliphatic heterocycles. The average molecular weight is 300 g/mol. The summed E-state index contributed by atoms with van der Waals surface area (Å²) in [5, 5.41) is 0. The SMILES string of the molecule is C=C(/C=C\C)C1(C/C=C\C)c2ccccc2-c2cc(C)ccc21. The number of hydrogen-bond acceptors (Lipinski definition) is 0. The Balaban J connectivity index is 2.37. The van der Waals surface area contributed by atoms with Crippen molar-refractivity contribution in [2.45, 2.75) is 32.6 Å².